The second-order valence-corrected chi connectivity index (χ2v) is 7.46. The van der Waals surface area contributed by atoms with E-state index in [2.05, 4.69) is 9.89 Å². The highest BCUT2D eigenvalue weighted by molar-refractivity contribution is 7.48. The number of ether oxygens (including phenoxy) is 2. The van der Waals surface area contributed by atoms with Crippen molar-refractivity contribution in [1.82, 2.24) is 0 Å². The molecule has 170 valence electrons. The van der Waals surface area contributed by atoms with Crippen molar-refractivity contribution >= 4 is 42.3 Å². The largest absolute Gasteiger partial charge is 0.629 e. The molecule has 0 heterocycles. The molecule has 0 amide bonds. The SMILES string of the molecule is CCOC(=O)C(C)=NO[P+](=O)c1cc(Oc2ccc(C(F)(F)F)cc2Cl)ccc1[N+](=O)[O-]. The zero-order chi connectivity index (χ0) is 24.1. The minimum atomic E-state index is -4.61. The van der Waals surface area contributed by atoms with Gasteiger partial charge in [0.2, 0.25) is 0 Å². The fourth-order valence-electron chi connectivity index (χ4n) is 2.17. The van der Waals surface area contributed by atoms with E-state index < -0.39 is 41.7 Å². The van der Waals surface area contributed by atoms with E-state index in [0.29, 0.717) is 6.07 Å². The number of benzene rings is 2. The highest BCUT2D eigenvalue weighted by atomic mass is 35.5. The number of rotatable bonds is 8. The number of oxime groups is 1. The molecule has 0 fully saturated rings. The van der Waals surface area contributed by atoms with E-state index in [1.54, 1.807) is 6.92 Å². The molecule has 0 saturated heterocycles. The van der Waals surface area contributed by atoms with Crippen LogP contribution in [0.3, 0.4) is 0 Å². The first kappa shape index (κ1) is 25.0. The molecule has 1 atom stereocenters. The molecule has 0 saturated carbocycles. The summed E-state index contributed by atoms with van der Waals surface area (Å²) < 4.78 is 65.5. The molecule has 0 spiro atoms. The lowest BCUT2D eigenvalue weighted by Gasteiger charge is -2.11. The van der Waals surface area contributed by atoms with Crippen LogP contribution in [0.2, 0.25) is 5.02 Å². The first-order valence-corrected chi connectivity index (χ1v) is 10.2. The van der Waals surface area contributed by atoms with Crippen molar-refractivity contribution in [1.29, 1.82) is 0 Å². The molecule has 0 N–H and O–H groups in total. The van der Waals surface area contributed by atoms with Crippen LogP contribution in [0, 0.1) is 10.1 Å². The fraction of sp³-hybridized carbons (Fsp3) is 0.222. The van der Waals surface area contributed by atoms with E-state index in [0.717, 1.165) is 30.3 Å². The Kier molecular flexibility index (Phi) is 8.12. The monoisotopic (exact) mass is 493 g/mol. The van der Waals surface area contributed by atoms with E-state index in [1.807, 2.05) is 0 Å². The molecule has 0 radical (unpaired) electrons. The smallest absolute Gasteiger partial charge is 0.461 e. The Labute approximate surface area is 184 Å². The number of nitrogens with zero attached hydrogens (tertiary/aromatic N) is 2. The van der Waals surface area contributed by atoms with Gasteiger partial charge in [0, 0.05) is 12.1 Å². The lowest BCUT2D eigenvalue weighted by molar-refractivity contribution is -0.383. The Balaban J connectivity index is 2.32. The number of alkyl halides is 3. The molecule has 32 heavy (non-hydrogen) atoms. The molecule has 0 bridgehead atoms. The van der Waals surface area contributed by atoms with Gasteiger partial charge in [-0.15, -0.1) is 4.62 Å². The quantitative estimate of drug-likeness (QED) is 0.159. The van der Waals surface area contributed by atoms with Crippen LogP contribution in [-0.4, -0.2) is 23.2 Å². The van der Waals surface area contributed by atoms with Crippen molar-refractivity contribution in [2.75, 3.05) is 6.61 Å². The fourth-order valence-corrected chi connectivity index (χ4v) is 3.25. The highest BCUT2D eigenvalue weighted by Gasteiger charge is 2.36. The van der Waals surface area contributed by atoms with Gasteiger partial charge in [-0.3, -0.25) is 10.1 Å². The van der Waals surface area contributed by atoms with Gasteiger partial charge in [0.25, 0.3) is 0 Å². The zero-order valence-electron chi connectivity index (χ0n) is 16.4. The lowest BCUT2D eigenvalue weighted by atomic mass is 10.2. The normalized spacial score (nSPS) is 12.2. The topological polar surface area (TPSA) is 117 Å². The van der Waals surface area contributed by atoms with Crippen LogP contribution in [-0.2, 0) is 24.9 Å². The maximum Gasteiger partial charge on any atom is 0.629 e. The van der Waals surface area contributed by atoms with Gasteiger partial charge in [0.15, 0.2) is 5.71 Å². The van der Waals surface area contributed by atoms with Gasteiger partial charge in [0.05, 0.1) is 22.1 Å². The molecule has 14 heteroatoms. The Morgan fingerprint density at radius 1 is 1.25 bits per heavy atom. The summed E-state index contributed by atoms with van der Waals surface area (Å²) in [7, 11) is -2.96. The molecule has 2 aromatic carbocycles. The number of nitro groups is 1. The van der Waals surface area contributed by atoms with Crippen molar-refractivity contribution in [3.63, 3.8) is 0 Å². The molecule has 0 aromatic heterocycles. The molecule has 1 unspecified atom stereocenters. The van der Waals surface area contributed by atoms with Crippen molar-refractivity contribution in [2.24, 2.45) is 5.16 Å². The van der Waals surface area contributed by atoms with Crippen LogP contribution in [0.5, 0.6) is 11.5 Å². The number of nitro benzene ring substituents is 1. The van der Waals surface area contributed by atoms with Gasteiger partial charge in [0.1, 0.15) is 11.5 Å². The third-order valence-corrected chi connectivity index (χ3v) is 4.93. The van der Waals surface area contributed by atoms with E-state index in [4.69, 9.17) is 21.0 Å². The third-order valence-electron chi connectivity index (χ3n) is 3.65. The van der Waals surface area contributed by atoms with E-state index in [-0.39, 0.29) is 28.8 Å². The summed E-state index contributed by atoms with van der Waals surface area (Å²) in [6, 6.07) is 5.44. The Hall–Kier alpha value is -3.24. The number of halogens is 4. The minimum absolute atomic E-state index is 0.0647. The van der Waals surface area contributed by atoms with Gasteiger partial charge >= 0.3 is 31.2 Å². The summed E-state index contributed by atoms with van der Waals surface area (Å²) in [6.07, 6.45) is -4.61. The summed E-state index contributed by atoms with van der Waals surface area (Å²) in [6.45, 7) is 2.85. The molecule has 0 aliphatic rings. The van der Waals surface area contributed by atoms with Gasteiger partial charge in [-0.2, -0.15) is 13.2 Å². The third kappa shape index (κ3) is 6.38. The zero-order valence-corrected chi connectivity index (χ0v) is 18.0. The molecule has 2 aromatic rings. The Morgan fingerprint density at radius 3 is 2.50 bits per heavy atom. The molecule has 9 nitrogen and oxygen atoms in total. The van der Waals surface area contributed by atoms with Gasteiger partial charge in [-0.1, -0.05) is 11.6 Å². The van der Waals surface area contributed by atoms with Crippen molar-refractivity contribution in [3.05, 3.63) is 57.1 Å². The van der Waals surface area contributed by atoms with Crippen LogP contribution in [0.15, 0.2) is 41.6 Å². The predicted molar refractivity (Wildman–Crippen MR) is 108 cm³/mol. The number of hydrogen-bond acceptors (Lipinski definition) is 8. The average molecular weight is 494 g/mol. The van der Waals surface area contributed by atoms with Crippen molar-refractivity contribution in [2.45, 2.75) is 20.0 Å². The van der Waals surface area contributed by atoms with Crippen LogP contribution >= 0.6 is 19.6 Å². The summed E-state index contributed by atoms with van der Waals surface area (Å²) >= 11 is 5.83. The van der Waals surface area contributed by atoms with E-state index in [9.17, 15) is 32.6 Å². The summed E-state index contributed by atoms with van der Waals surface area (Å²) in [4.78, 5) is 21.9. The molecular weight excluding hydrogens is 480 g/mol. The van der Waals surface area contributed by atoms with Crippen LogP contribution in [0.1, 0.15) is 19.4 Å². The van der Waals surface area contributed by atoms with Gasteiger partial charge in [-0.05, 0) is 47.8 Å². The number of esters is 1. The number of hydrogen-bond donors (Lipinski definition) is 0. The van der Waals surface area contributed by atoms with E-state index in [1.165, 1.54) is 6.92 Å². The second kappa shape index (κ2) is 10.4. The predicted octanol–water partition coefficient (Wildman–Crippen LogP) is 5.38. The van der Waals surface area contributed by atoms with Gasteiger partial charge < -0.3 is 9.47 Å². The average Bonchev–Trinajstić information content (AvgIpc) is 2.72. The van der Waals surface area contributed by atoms with Crippen LogP contribution in [0.4, 0.5) is 18.9 Å². The van der Waals surface area contributed by atoms with Gasteiger partial charge in [-0.25, -0.2) is 4.79 Å². The number of carbonyl (C=O) groups is 1. The summed E-state index contributed by atoms with van der Waals surface area (Å²) in [5.74, 6) is -1.13. The Morgan fingerprint density at radius 2 is 1.94 bits per heavy atom. The molecule has 0 aliphatic carbocycles. The van der Waals surface area contributed by atoms with Crippen molar-refractivity contribution in [3.8, 4) is 11.5 Å². The van der Waals surface area contributed by atoms with Crippen LogP contribution < -0.4 is 10.0 Å². The van der Waals surface area contributed by atoms with E-state index >= 15 is 0 Å². The molecule has 0 aliphatic heterocycles. The standard InChI is InChI=1S/C18H14ClF3N2O7P/c1-3-29-17(25)10(2)23-31-32(28)16-9-12(5-6-14(16)24(26)27)30-15-7-4-11(8-13(15)19)18(20,21)22/h4-9H,3H2,1-2H3/q+1. The summed E-state index contributed by atoms with van der Waals surface area (Å²) in [5.41, 5.74) is -1.87. The summed E-state index contributed by atoms with van der Waals surface area (Å²) in [5, 5.41) is 13.8. The lowest BCUT2D eigenvalue weighted by Crippen LogP contribution is -2.14. The highest BCUT2D eigenvalue weighted by Crippen LogP contribution is 2.37. The maximum absolute atomic E-state index is 12.8. The maximum atomic E-state index is 12.8. The first-order chi connectivity index (χ1) is 14.9. The molecule has 2 rings (SSSR count). The first-order valence-electron chi connectivity index (χ1n) is 8.63. The number of carbonyl (C=O) groups excluding carboxylic acids is 1. The second-order valence-electron chi connectivity index (χ2n) is 5.89. The Bertz CT molecular complexity index is 1090. The van der Waals surface area contributed by atoms with Crippen molar-refractivity contribution < 1.29 is 41.6 Å². The van der Waals surface area contributed by atoms with Crippen LogP contribution in [0.25, 0.3) is 0 Å². The minimum Gasteiger partial charge on any atom is -0.461 e. The molecular formula is C18H14ClF3N2O7P+.